The van der Waals surface area contributed by atoms with Crippen molar-refractivity contribution >= 4 is 41.5 Å². The van der Waals surface area contributed by atoms with E-state index in [1.165, 1.54) is 6.07 Å². The highest BCUT2D eigenvalue weighted by Crippen LogP contribution is 2.20. The van der Waals surface area contributed by atoms with Crippen LogP contribution in [0.15, 0.2) is 18.2 Å². The van der Waals surface area contributed by atoms with Crippen LogP contribution in [-0.2, 0) is 0 Å². The normalized spacial score (nSPS) is 10.6. The first-order valence-electron chi connectivity index (χ1n) is 4.82. The van der Waals surface area contributed by atoms with Gasteiger partial charge in [0.05, 0.1) is 10.6 Å². The highest BCUT2D eigenvalue weighted by Gasteiger charge is 2.15. The van der Waals surface area contributed by atoms with Crippen molar-refractivity contribution < 1.29 is 4.79 Å². The molecule has 96 valence electrons. The fourth-order valence-electron chi connectivity index (χ4n) is 1.08. The first-order valence-corrected chi connectivity index (χ1v) is 5.57. The van der Waals surface area contributed by atoms with Crippen molar-refractivity contribution in [2.24, 2.45) is 5.73 Å². The topological polar surface area (TPSA) is 55.1 Å². The standard InChI is InChI=1S/C11H14Cl2N2O.ClH/c1-11(2,14)6-15-10(16)8-4-3-7(12)5-9(8)13;/h3-5H,6,14H2,1-2H3,(H,15,16);1H. The van der Waals surface area contributed by atoms with Gasteiger partial charge >= 0.3 is 0 Å². The maximum absolute atomic E-state index is 11.7. The fraction of sp³-hybridized carbons (Fsp3) is 0.364. The van der Waals surface area contributed by atoms with Crippen molar-refractivity contribution in [2.75, 3.05) is 6.54 Å². The first-order chi connectivity index (χ1) is 7.29. The lowest BCUT2D eigenvalue weighted by Crippen LogP contribution is -2.45. The quantitative estimate of drug-likeness (QED) is 0.901. The van der Waals surface area contributed by atoms with Crippen LogP contribution in [0.4, 0.5) is 0 Å². The smallest absolute Gasteiger partial charge is 0.252 e. The van der Waals surface area contributed by atoms with Crippen LogP contribution in [-0.4, -0.2) is 18.0 Å². The summed E-state index contributed by atoms with van der Waals surface area (Å²) in [6.45, 7) is 4.04. The second kappa shape index (κ2) is 6.45. The molecule has 0 aliphatic carbocycles. The Hall–Kier alpha value is -0.480. The lowest BCUT2D eigenvalue weighted by molar-refractivity contribution is 0.0946. The van der Waals surface area contributed by atoms with Gasteiger partial charge in [-0.1, -0.05) is 23.2 Å². The van der Waals surface area contributed by atoms with Crippen molar-refractivity contribution in [3.8, 4) is 0 Å². The zero-order chi connectivity index (χ0) is 12.3. The van der Waals surface area contributed by atoms with Gasteiger partial charge in [0.15, 0.2) is 0 Å². The molecule has 0 atom stereocenters. The number of hydrogen-bond acceptors (Lipinski definition) is 2. The van der Waals surface area contributed by atoms with E-state index in [0.717, 1.165) is 0 Å². The number of nitrogens with two attached hydrogens (primary N) is 1. The lowest BCUT2D eigenvalue weighted by atomic mass is 10.1. The van der Waals surface area contributed by atoms with Gasteiger partial charge in [-0.3, -0.25) is 4.79 Å². The average molecular weight is 298 g/mol. The predicted molar refractivity (Wildman–Crippen MR) is 74.3 cm³/mol. The second-order valence-corrected chi connectivity index (χ2v) is 5.14. The molecule has 0 saturated heterocycles. The van der Waals surface area contributed by atoms with Gasteiger partial charge in [0.1, 0.15) is 0 Å². The number of carbonyl (C=O) groups excluding carboxylic acids is 1. The molecule has 6 heteroatoms. The van der Waals surface area contributed by atoms with Crippen molar-refractivity contribution in [3.05, 3.63) is 33.8 Å². The number of benzene rings is 1. The van der Waals surface area contributed by atoms with Crippen molar-refractivity contribution in [1.29, 1.82) is 0 Å². The molecule has 0 unspecified atom stereocenters. The highest BCUT2D eigenvalue weighted by atomic mass is 35.5. The Balaban J connectivity index is 0.00000256. The van der Waals surface area contributed by atoms with Crippen LogP contribution in [0.1, 0.15) is 24.2 Å². The summed E-state index contributed by atoms with van der Waals surface area (Å²) in [5.74, 6) is -0.250. The molecule has 0 aliphatic rings. The molecular weight excluding hydrogens is 282 g/mol. The van der Waals surface area contributed by atoms with Crippen molar-refractivity contribution in [1.82, 2.24) is 5.32 Å². The van der Waals surface area contributed by atoms with Crippen LogP contribution in [0.5, 0.6) is 0 Å². The van der Waals surface area contributed by atoms with E-state index < -0.39 is 5.54 Å². The number of amides is 1. The highest BCUT2D eigenvalue weighted by molar-refractivity contribution is 6.36. The van der Waals surface area contributed by atoms with Crippen LogP contribution in [0.25, 0.3) is 0 Å². The summed E-state index contributed by atoms with van der Waals surface area (Å²) in [4.78, 5) is 11.7. The third-order valence-corrected chi connectivity index (χ3v) is 2.43. The third-order valence-electron chi connectivity index (χ3n) is 1.88. The van der Waals surface area contributed by atoms with Crippen LogP contribution >= 0.6 is 35.6 Å². The van der Waals surface area contributed by atoms with Gasteiger partial charge < -0.3 is 11.1 Å². The average Bonchev–Trinajstić information content (AvgIpc) is 2.13. The molecule has 1 amide bonds. The Labute approximate surface area is 117 Å². The van der Waals surface area contributed by atoms with Crippen LogP contribution < -0.4 is 11.1 Å². The largest absolute Gasteiger partial charge is 0.350 e. The molecule has 0 saturated carbocycles. The molecule has 1 aromatic carbocycles. The molecule has 3 N–H and O–H groups in total. The molecule has 0 aromatic heterocycles. The number of carbonyl (C=O) groups is 1. The van der Waals surface area contributed by atoms with E-state index in [0.29, 0.717) is 22.2 Å². The summed E-state index contributed by atoms with van der Waals surface area (Å²) in [5, 5.41) is 3.54. The van der Waals surface area contributed by atoms with Crippen molar-refractivity contribution in [2.45, 2.75) is 19.4 Å². The molecule has 0 bridgehead atoms. The van der Waals surface area contributed by atoms with E-state index in [4.69, 9.17) is 28.9 Å². The second-order valence-electron chi connectivity index (χ2n) is 4.30. The maximum Gasteiger partial charge on any atom is 0.252 e. The molecule has 0 radical (unpaired) electrons. The lowest BCUT2D eigenvalue weighted by Gasteiger charge is -2.19. The summed E-state index contributed by atoms with van der Waals surface area (Å²) in [6, 6.07) is 4.74. The van der Waals surface area contributed by atoms with Crippen LogP contribution in [0.3, 0.4) is 0 Å². The van der Waals surface area contributed by atoms with E-state index in [-0.39, 0.29) is 18.3 Å². The molecular formula is C11H15Cl3N2O. The van der Waals surface area contributed by atoms with Crippen LogP contribution in [0, 0.1) is 0 Å². The summed E-state index contributed by atoms with van der Waals surface area (Å²) < 4.78 is 0. The summed E-state index contributed by atoms with van der Waals surface area (Å²) in [6.07, 6.45) is 0. The molecule has 17 heavy (non-hydrogen) atoms. The SMILES string of the molecule is CC(C)(N)CNC(=O)c1ccc(Cl)cc1Cl.Cl. The summed E-state index contributed by atoms with van der Waals surface area (Å²) >= 11 is 11.6. The van der Waals surface area contributed by atoms with Gasteiger partial charge in [-0.2, -0.15) is 0 Å². The van der Waals surface area contributed by atoms with Gasteiger partial charge in [-0.05, 0) is 32.0 Å². The molecule has 0 aliphatic heterocycles. The molecule has 1 rings (SSSR count). The molecule has 0 spiro atoms. The fourth-order valence-corrected chi connectivity index (χ4v) is 1.57. The van der Waals surface area contributed by atoms with E-state index in [1.807, 2.05) is 13.8 Å². The summed E-state index contributed by atoms with van der Waals surface area (Å²) in [5.41, 5.74) is 5.70. The first kappa shape index (κ1) is 16.5. The Bertz CT molecular complexity index is 402. The Morgan fingerprint density at radius 1 is 1.41 bits per heavy atom. The van der Waals surface area contributed by atoms with Gasteiger partial charge in [-0.25, -0.2) is 0 Å². The Kier molecular flexibility index (Phi) is 6.27. The Morgan fingerprint density at radius 3 is 2.47 bits per heavy atom. The summed E-state index contributed by atoms with van der Waals surface area (Å²) in [7, 11) is 0. The number of hydrogen-bond donors (Lipinski definition) is 2. The third kappa shape index (κ3) is 5.59. The molecule has 3 nitrogen and oxygen atoms in total. The maximum atomic E-state index is 11.7. The number of nitrogens with one attached hydrogen (secondary N) is 1. The molecule has 0 fully saturated rings. The number of halogens is 3. The minimum atomic E-state index is -0.450. The molecule has 0 heterocycles. The minimum Gasteiger partial charge on any atom is -0.350 e. The van der Waals surface area contributed by atoms with E-state index in [1.54, 1.807) is 12.1 Å². The zero-order valence-electron chi connectivity index (χ0n) is 9.59. The Morgan fingerprint density at radius 2 is 2.00 bits per heavy atom. The van der Waals surface area contributed by atoms with E-state index in [2.05, 4.69) is 5.32 Å². The monoisotopic (exact) mass is 296 g/mol. The zero-order valence-corrected chi connectivity index (χ0v) is 11.9. The van der Waals surface area contributed by atoms with Gasteiger partial charge in [0.25, 0.3) is 5.91 Å². The van der Waals surface area contributed by atoms with Gasteiger partial charge in [-0.15, -0.1) is 12.4 Å². The van der Waals surface area contributed by atoms with Gasteiger partial charge in [0.2, 0.25) is 0 Å². The van der Waals surface area contributed by atoms with Gasteiger partial charge in [0, 0.05) is 17.1 Å². The molecule has 1 aromatic rings. The number of rotatable bonds is 3. The van der Waals surface area contributed by atoms with Crippen molar-refractivity contribution in [3.63, 3.8) is 0 Å². The minimum absolute atomic E-state index is 0. The van der Waals surface area contributed by atoms with E-state index >= 15 is 0 Å². The van der Waals surface area contributed by atoms with E-state index in [9.17, 15) is 4.79 Å². The predicted octanol–water partition coefficient (Wildman–Crippen LogP) is 2.88. The van der Waals surface area contributed by atoms with Crippen LogP contribution in [0.2, 0.25) is 10.0 Å².